The topological polar surface area (TPSA) is 37.3 Å². The summed E-state index contributed by atoms with van der Waals surface area (Å²) in [7, 11) is 0. The lowest BCUT2D eigenvalue weighted by Crippen LogP contribution is -2.35. The van der Waals surface area contributed by atoms with E-state index in [1.54, 1.807) is 0 Å². The first-order valence-corrected chi connectivity index (χ1v) is 10.6. The highest BCUT2D eigenvalue weighted by atomic mass is 19.3. The monoisotopic (exact) mass is 429 g/mol. The van der Waals surface area contributed by atoms with Crippen molar-refractivity contribution in [3.63, 3.8) is 0 Å². The molecule has 1 aliphatic rings. The molecule has 1 N–H and O–H groups in total. The zero-order chi connectivity index (χ0) is 21.8. The predicted octanol–water partition coefficient (Wildman–Crippen LogP) is 4.54. The minimum absolute atomic E-state index is 0.0894. The van der Waals surface area contributed by atoms with Crippen LogP contribution in [0.5, 0.6) is 0 Å². The summed E-state index contributed by atoms with van der Waals surface area (Å²) >= 11 is 0. The largest absolute Gasteiger partial charge is 0.347 e. The highest BCUT2D eigenvalue weighted by Gasteiger charge is 2.21. The van der Waals surface area contributed by atoms with E-state index >= 15 is 0 Å². The van der Waals surface area contributed by atoms with E-state index in [0.29, 0.717) is 6.04 Å². The number of benzene rings is 2. The zero-order valence-electron chi connectivity index (χ0n) is 17.2. The molecule has 1 aliphatic heterocycles. The Balaban J connectivity index is 1.35. The first-order chi connectivity index (χ1) is 15.0. The molecule has 4 nitrogen and oxygen atoms in total. The first-order valence-electron chi connectivity index (χ1n) is 10.6. The number of amides is 1. The van der Waals surface area contributed by atoms with E-state index < -0.39 is 12.3 Å². The number of nitrogens with zero attached hydrogens (tertiary/aromatic N) is 2. The third-order valence-corrected chi connectivity index (χ3v) is 6.03. The van der Waals surface area contributed by atoms with Gasteiger partial charge in [-0.05, 0) is 60.0 Å². The van der Waals surface area contributed by atoms with Crippen molar-refractivity contribution >= 4 is 16.8 Å². The maximum absolute atomic E-state index is 13.0. The van der Waals surface area contributed by atoms with Gasteiger partial charge in [0.05, 0.1) is 0 Å². The van der Waals surface area contributed by atoms with E-state index in [1.807, 2.05) is 30.3 Å². The second kappa shape index (κ2) is 9.56. The molecule has 3 aromatic rings. The van der Waals surface area contributed by atoms with E-state index in [0.717, 1.165) is 60.9 Å². The number of piperidine rings is 1. The third kappa shape index (κ3) is 5.28. The number of rotatable bonds is 7. The summed E-state index contributed by atoms with van der Waals surface area (Å²) in [6.45, 7) is 3.04. The van der Waals surface area contributed by atoms with E-state index in [2.05, 4.69) is 27.0 Å². The lowest BCUT2D eigenvalue weighted by molar-refractivity contribution is -0.131. The van der Waals surface area contributed by atoms with Gasteiger partial charge >= 0.3 is 6.43 Å². The van der Waals surface area contributed by atoms with Crippen LogP contribution in [-0.4, -0.2) is 41.4 Å². The van der Waals surface area contributed by atoms with E-state index in [4.69, 9.17) is 0 Å². The molecule has 1 fully saturated rings. The first kappa shape index (κ1) is 21.4. The molecule has 0 unspecified atom stereocenters. The Morgan fingerprint density at radius 2 is 1.74 bits per heavy atom. The number of hydrogen-bond acceptors (Lipinski definition) is 2. The average molecular weight is 429 g/mol. The van der Waals surface area contributed by atoms with Crippen molar-refractivity contribution < 1.29 is 18.0 Å². The molecule has 0 saturated carbocycles. The highest BCUT2D eigenvalue weighted by Crippen LogP contribution is 2.28. The normalized spacial score (nSPS) is 15.6. The second-order valence-corrected chi connectivity index (χ2v) is 8.08. The number of carbonyl (C=O) groups is 1. The number of likely N-dealkylation sites (tertiary alicyclic amines) is 1. The summed E-state index contributed by atoms with van der Waals surface area (Å²) in [6, 6.07) is 14.9. The number of alkyl halides is 2. The van der Waals surface area contributed by atoms with Crippen molar-refractivity contribution in [2.24, 2.45) is 0 Å². The van der Waals surface area contributed by atoms with Crippen molar-refractivity contribution in [3.8, 4) is 0 Å². The van der Waals surface area contributed by atoms with Gasteiger partial charge in [-0.3, -0.25) is 4.79 Å². The van der Waals surface area contributed by atoms with Gasteiger partial charge in [-0.2, -0.15) is 8.78 Å². The Kier molecular flexibility index (Phi) is 6.61. The van der Waals surface area contributed by atoms with Crippen LogP contribution in [0.3, 0.4) is 0 Å². The maximum atomic E-state index is 13.0. The number of hydrogen-bond donors (Lipinski definition) is 1. The summed E-state index contributed by atoms with van der Waals surface area (Å²) < 4.78 is 40.1. The Morgan fingerprint density at radius 3 is 2.45 bits per heavy atom. The van der Waals surface area contributed by atoms with Gasteiger partial charge in [-0.15, -0.1) is 0 Å². The summed E-state index contributed by atoms with van der Waals surface area (Å²) in [4.78, 5) is 13.6. The Labute approximate surface area is 179 Å². The SMILES string of the molecule is O=C(NCc1ccc2ccn(C3CCN(CCc4ccc(F)cc4)CC3)c2c1)C(F)F. The van der Waals surface area contributed by atoms with Gasteiger partial charge in [0.2, 0.25) is 0 Å². The van der Waals surface area contributed by atoms with Crippen LogP contribution in [0.1, 0.15) is 30.0 Å². The molecule has 1 amide bonds. The minimum Gasteiger partial charge on any atom is -0.347 e. The van der Waals surface area contributed by atoms with Crippen LogP contribution in [-0.2, 0) is 17.8 Å². The van der Waals surface area contributed by atoms with Crippen molar-refractivity contribution in [1.29, 1.82) is 0 Å². The van der Waals surface area contributed by atoms with E-state index in [9.17, 15) is 18.0 Å². The number of aromatic nitrogens is 1. The van der Waals surface area contributed by atoms with Gasteiger partial charge in [0.25, 0.3) is 5.91 Å². The van der Waals surface area contributed by atoms with Gasteiger partial charge < -0.3 is 14.8 Å². The number of halogens is 3. The second-order valence-electron chi connectivity index (χ2n) is 8.08. The van der Waals surface area contributed by atoms with Crippen LogP contribution in [0, 0.1) is 5.82 Å². The van der Waals surface area contributed by atoms with Crippen LogP contribution >= 0.6 is 0 Å². The van der Waals surface area contributed by atoms with Crippen molar-refractivity contribution in [3.05, 3.63) is 71.7 Å². The molecule has 1 saturated heterocycles. The number of nitrogens with one attached hydrogen (secondary N) is 1. The molecule has 164 valence electrons. The standard InChI is InChI=1S/C24H26F3N3O/c25-20-5-2-17(3-6-20)7-11-29-12-9-21(10-13-29)30-14-8-19-4-1-18(15-22(19)30)16-28-24(31)23(26)27/h1-6,8,14-15,21,23H,7,9-13,16H2,(H,28,31). The quantitative estimate of drug-likeness (QED) is 0.599. The van der Waals surface area contributed by atoms with Crippen LogP contribution in [0.2, 0.25) is 0 Å². The summed E-state index contributed by atoms with van der Waals surface area (Å²) in [5.74, 6) is -1.45. The average Bonchev–Trinajstić information content (AvgIpc) is 3.20. The fourth-order valence-corrected chi connectivity index (χ4v) is 4.25. The molecule has 2 heterocycles. The van der Waals surface area contributed by atoms with Crippen LogP contribution in [0.25, 0.3) is 10.9 Å². The minimum atomic E-state index is -3.00. The molecule has 7 heteroatoms. The van der Waals surface area contributed by atoms with Crippen LogP contribution < -0.4 is 5.32 Å². The highest BCUT2D eigenvalue weighted by molar-refractivity contribution is 5.82. The van der Waals surface area contributed by atoms with E-state index in [-0.39, 0.29) is 12.4 Å². The number of carbonyl (C=O) groups excluding carboxylic acids is 1. The number of fused-ring (bicyclic) bond motifs is 1. The van der Waals surface area contributed by atoms with Crippen molar-refractivity contribution in [2.45, 2.75) is 38.3 Å². The molecule has 0 spiro atoms. The summed E-state index contributed by atoms with van der Waals surface area (Å²) in [5.41, 5.74) is 3.01. The fraction of sp³-hybridized carbons (Fsp3) is 0.375. The fourth-order valence-electron chi connectivity index (χ4n) is 4.25. The molecule has 0 radical (unpaired) electrons. The Morgan fingerprint density at radius 1 is 1.03 bits per heavy atom. The van der Waals surface area contributed by atoms with Gasteiger partial charge in [0.1, 0.15) is 5.82 Å². The van der Waals surface area contributed by atoms with E-state index in [1.165, 1.54) is 12.1 Å². The molecule has 4 rings (SSSR count). The molecule has 31 heavy (non-hydrogen) atoms. The Bertz CT molecular complexity index is 1020. The molecule has 2 aromatic carbocycles. The lowest BCUT2D eigenvalue weighted by atomic mass is 10.0. The summed E-state index contributed by atoms with van der Waals surface area (Å²) in [6.07, 6.45) is 2.05. The predicted molar refractivity (Wildman–Crippen MR) is 115 cm³/mol. The van der Waals surface area contributed by atoms with Crippen LogP contribution in [0.15, 0.2) is 54.7 Å². The molecule has 1 aromatic heterocycles. The smallest absolute Gasteiger partial charge is 0.315 e. The van der Waals surface area contributed by atoms with Gasteiger partial charge in [-0.25, -0.2) is 4.39 Å². The molecular weight excluding hydrogens is 403 g/mol. The Hall–Kier alpha value is -2.80. The van der Waals surface area contributed by atoms with Gasteiger partial charge in [0, 0.05) is 43.9 Å². The maximum Gasteiger partial charge on any atom is 0.315 e. The van der Waals surface area contributed by atoms with Crippen LogP contribution in [0.4, 0.5) is 13.2 Å². The van der Waals surface area contributed by atoms with Gasteiger partial charge in [0.15, 0.2) is 0 Å². The summed E-state index contributed by atoms with van der Waals surface area (Å²) in [5, 5.41) is 3.36. The van der Waals surface area contributed by atoms with Crippen molar-refractivity contribution in [2.75, 3.05) is 19.6 Å². The van der Waals surface area contributed by atoms with Gasteiger partial charge in [-0.1, -0.05) is 24.3 Å². The molecule has 0 atom stereocenters. The molecular formula is C24H26F3N3O. The molecule has 0 aliphatic carbocycles. The third-order valence-electron chi connectivity index (χ3n) is 6.03. The van der Waals surface area contributed by atoms with Crippen molar-refractivity contribution in [1.82, 2.24) is 14.8 Å². The lowest BCUT2D eigenvalue weighted by Gasteiger charge is -2.33. The molecule has 0 bridgehead atoms. The zero-order valence-corrected chi connectivity index (χ0v) is 17.2.